The van der Waals surface area contributed by atoms with Gasteiger partial charge in [-0.15, -0.1) is 0 Å². The van der Waals surface area contributed by atoms with Crippen molar-refractivity contribution in [3.05, 3.63) is 24.3 Å². The summed E-state index contributed by atoms with van der Waals surface area (Å²) in [6.45, 7) is 3.40. The van der Waals surface area contributed by atoms with Crippen molar-refractivity contribution in [2.24, 2.45) is 0 Å². The van der Waals surface area contributed by atoms with Crippen LogP contribution >= 0.6 is 0 Å². The van der Waals surface area contributed by atoms with E-state index in [4.69, 9.17) is 9.47 Å². The molecule has 8 N–H and O–H groups in total. The van der Waals surface area contributed by atoms with Gasteiger partial charge in [-0.05, 0) is 38.5 Å². The van der Waals surface area contributed by atoms with Gasteiger partial charge in [0.15, 0.2) is 6.29 Å². The van der Waals surface area contributed by atoms with E-state index >= 15 is 0 Å². The smallest absolute Gasteiger partial charge is 0.249 e. The first-order valence-corrected chi connectivity index (χ1v) is 23.3. The molecule has 1 fully saturated rings. The number of amides is 1. The molecule has 9 atom stereocenters. The molecule has 0 spiro atoms. The van der Waals surface area contributed by atoms with Crippen molar-refractivity contribution in [1.29, 1.82) is 0 Å². The second-order valence-corrected chi connectivity index (χ2v) is 16.5. The molecule has 9 unspecified atom stereocenters. The monoisotopic (exact) mass is 814 g/mol. The fourth-order valence-corrected chi connectivity index (χ4v) is 7.37. The molecule has 0 aliphatic carbocycles. The van der Waals surface area contributed by atoms with E-state index in [1.54, 1.807) is 0 Å². The molecular formula is C46H87NO10. The number of carbonyl (C=O) groups excluding carboxylic acids is 1. The first kappa shape index (κ1) is 53.6. The maximum atomic E-state index is 13.1. The van der Waals surface area contributed by atoms with Gasteiger partial charge in [-0.25, -0.2) is 0 Å². The van der Waals surface area contributed by atoms with Crippen LogP contribution in [0.15, 0.2) is 24.3 Å². The molecule has 0 aromatic carbocycles. The standard InChI is InChI=1S/C46H87NO10/c1-3-5-7-9-11-13-15-17-18-19-20-21-22-24-26-28-30-32-34-39(50)45(55)47-37(36-56-46-44(54)43(53)42(52)40(35-48)57-46)41(51)38(49)33-31-29-27-25-23-16-14-12-10-8-6-4-2/h11,13,15,17,37-44,46,48-54H,3-10,12,14,16,18-36H2,1-2H3,(H,47,55)/b13-11-,17-15-. The lowest BCUT2D eigenvalue weighted by molar-refractivity contribution is -0.303. The molecule has 336 valence electrons. The van der Waals surface area contributed by atoms with E-state index in [0.29, 0.717) is 19.3 Å². The van der Waals surface area contributed by atoms with Crippen LogP contribution in [0.2, 0.25) is 0 Å². The minimum atomic E-state index is -1.66. The summed E-state index contributed by atoms with van der Waals surface area (Å²) in [5.41, 5.74) is 0. The van der Waals surface area contributed by atoms with Gasteiger partial charge in [0.25, 0.3) is 0 Å². The van der Waals surface area contributed by atoms with Gasteiger partial charge in [0.05, 0.1) is 25.4 Å². The minimum absolute atomic E-state index is 0.255. The maximum Gasteiger partial charge on any atom is 0.249 e. The maximum absolute atomic E-state index is 13.1. The Hall–Kier alpha value is -1.41. The summed E-state index contributed by atoms with van der Waals surface area (Å²) in [4.78, 5) is 13.1. The summed E-state index contributed by atoms with van der Waals surface area (Å²) in [5.74, 6) is -0.702. The first-order chi connectivity index (χ1) is 27.7. The summed E-state index contributed by atoms with van der Waals surface area (Å²) >= 11 is 0. The molecule has 0 saturated carbocycles. The van der Waals surface area contributed by atoms with E-state index in [1.807, 2.05) is 0 Å². The van der Waals surface area contributed by atoms with Crippen LogP contribution in [-0.2, 0) is 14.3 Å². The van der Waals surface area contributed by atoms with Crippen LogP contribution in [0, 0.1) is 0 Å². The lowest BCUT2D eigenvalue weighted by atomic mass is 9.98. The van der Waals surface area contributed by atoms with Crippen molar-refractivity contribution < 1.29 is 50.0 Å². The average molecular weight is 814 g/mol. The molecule has 1 rings (SSSR count). The summed E-state index contributed by atoms with van der Waals surface area (Å²) in [7, 11) is 0. The molecule has 11 nitrogen and oxygen atoms in total. The van der Waals surface area contributed by atoms with Crippen LogP contribution in [0.1, 0.15) is 194 Å². The number of allylic oxidation sites excluding steroid dienone is 4. The number of hydrogen-bond acceptors (Lipinski definition) is 10. The van der Waals surface area contributed by atoms with Crippen LogP contribution in [0.4, 0.5) is 0 Å². The molecule has 0 bridgehead atoms. The van der Waals surface area contributed by atoms with E-state index < -0.39 is 74.2 Å². The number of hydrogen-bond donors (Lipinski definition) is 8. The van der Waals surface area contributed by atoms with Gasteiger partial charge < -0.3 is 50.5 Å². The average Bonchev–Trinajstić information content (AvgIpc) is 3.21. The largest absolute Gasteiger partial charge is 0.394 e. The van der Waals surface area contributed by atoms with Gasteiger partial charge in [-0.3, -0.25) is 4.79 Å². The van der Waals surface area contributed by atoms with E-state index in [-0.39, 0.29) is 6.42 Å². The second kappa shape index (κ2) is 36.4. The molecule has 1 amide bonds. The van der Waals surface area contributed by atoms with Crippen LogP contribution in [0.25, 0.3) is 0 Å². The van der Waals surface area contributed by atoms with E-state index in [0.717, 1.165) is 44.9 Å². The highest BCUT2D eigenvalue weighted by molar-refractivity contribution is 5.80. The topological polar surface area (TPSA) is 189 Å². The molecular weight excluding hydrogens is 727 g/mol. The van der Waals surface area contributed by atoms with E-state index in [2.05, 4.69) is 43.5 Å². The third-order valence-electron chi connectivity index (χ3n) is 11.3. The Bertz CT molecular complexity index is 981. The van der Waals surface area contributed by atoms with Crippen molar-refractivity contribution in [2.75, 3.05) is 13.2 Å². The van der Waals surface area contributed by atoms with Crippen LogP contribution in [-0.4, -0.2) is 110 Å². The number of ether oxygens (including phenoxy) is 2. The van der Waals surface area contributed by atoms with Gasteiger partial charge in [0, 0.05) is 0 Å². The Morgan fingerprint density at radius 1 is 0.614 bits per heavy atom. The third-order valence-corrected chi connectivity index (χ3v) is 11.3. The number of aliphatic hydroxyl groups is 7. The summed E-state index contributed by atoms with van der Waals surface area (Å²) in [5, 5.41) is 75.6. The quantitative estimate of drug-likeness (QED) is 0.0230. The molecule has 57 heavy (non-hydrogen) atoms. The predicted molar refractivity (Wildman–Crippen MR) is 229 cm³/mol. The highest BCUT2D eigenvalue weighted by atomic mass is 16.7. The minimum Gasteiger partial charge on any atom is -0.394 e. The highest BCUT2D eigenvalue weighted by Gasteiger charge is 2.44. The second-order valence-electron chi connectivity index (χ2n) is 16.5. The molecule has 0 radical (unpaired) electrons. The number of rotatable bonds is 38. The zero-order valence-corrected chi connectivity index (χ0v) is 36.1. The summed E-state index contributed by atoms with van der Waals surface area (Å²) < 4.78 is 11.1. The highest BCUT2D eigenvalue weighted by Crippen LogP contribution is 2.23. The van der Waals surface area contributed by atoms with E-state index in [1.165, 1.54) is 109 Å². The predicted octanol–water partition coefficient (Wildman–Crippen LogP) is 7.45. The SMILES string of the molecule is CCCCC/C=C\C=C/CCCCCCCCCCCC(O)C(=O)NC(COC1OC(CO)C(O)C(O)C1O)C(O)C(O)CCCCCCCCCCCCCC. The van der Waals surface area contributed by atoms with Crippen molar-refractivity contribution in [3.63, 3.8) is 0 Å². The molecule has 1 saturated heterocycles. The van der Waals surface area contributed by atoms with Crippen molar-refractivity contribution in [3.8, 4) is 0 Å². The summed E-state index contributed by atoms with van der Waals surface area (Å²) in [6, 6.07) is -1.17. The third kappa shape index (κ3) is 26.4. The van der Waals surface area contributed by atoms with Gasteiger partial charge in [0.1, 0.15) is 36.6 Å². The van der Waals surface area contributed by atoms with Crippen LogP contribution < -0.4 is 5.32 Å². The molecule has 1 heterocycles. The van der Waals surface area contributed by atoms with Gasteiger partial charge in [-0.2, -0.15) is 0 Å². The van der Waals surface area contributed by atoms with Crippen LogP contribution in [0.5, 0.6) is 0 Å². The lowest BCUT2D eigenvalue weighted by Gasteiger charge is -2.40. The molecule has 0 aromatic heterocycles. The zero-order chi connectivity index (χ0) is 41.9. The fraction of sp³-hybridized carbons (Fsp3) is 0.891. The summed E-state index contributed by atoms with van der Waals surface area (Å²) in [6.07, 6.45) is 27.9. The molecule has 11 heteroatoms. The Morgan fingerprint density at radius 3 is 1.56 bits per heavy atom. The number of carbonyl (C=O) groups is 1. The van der Waals surface area contributed by atoms with Crippen LogP contribution in [0.3, 0.4) is 0 Å². The van der Waals surface area contributed by atoms with Gasteiger partial charge in [-0.1, -0.05) is 179 Å². The fourth-order valence-electron chi connectivity index (χ4n) is 7.37. The van der Waals surface area contributed by atoms with Crippen molar-refractivity contribution >= 4 is 5.91 Å². The molecule has 0 aromatic rings. The Kier molecular flexibility index (Phi) is 34.3. The van der Waals surface area contributed by atoms with Crippen molar-refractivity contribution in [2.45, 2.75) is 249 Å². The molecule has 1 aliphatic rings. The number of aliphatic hydroxyl groups excluding tert-OH is 7. The lowest BCUT2D eigenvalue weighted by Crippen LogP contribution is -2.60. The zero-order valence-electron chi connectivity index (χ0n) is 36.1. The number of nitrogens with one attached hydrogen (secondary N) is 1. The Balaban J connectivity index is 2.44. The van der Waals surface area contributed by atoms with Gasteiger partial charge >= 0.3 is 0 Å². The number of unbranched alkanes of at least 4 members (excludes halogenated alkanes) is 23. The van der Waals surface area contributed by atoms with Gasteiger partial charge in [0.2, 0.25) is 5.91 Å². The Morgan fingerprint density at radius 2 is 1.05 bits per heavy atom. The Labute approximate surface area is 346 Å². The van der Waals surface area contributed by atoms with Crippen molar-refractivity contribution in [1.82, 2.24) is 5.32 Å². The van der Waals surface area contributed by atoms with E-state index in [9.17, 15) is 40.5 Å². The first-order valence-electron chi connectivity index (χ1n) is 23.3. The normalized spacial score (nSPS) is 22.3. The molecule has 1 aliphatic heterocycles.